The van der Waals surface area contributed by atoms with Gasteiger partial charge in [0.1, 0.15) is 0 Å². The summed E-state index contributed by atoms with van der Waals surface area (Å²) in [6, 6.07) is -0.560. The number of amides is 1. The van der Waals surface area contributed by atoms with E-state index in [-0.39, 0.29) is 18.5 Å². The maximum atomic E-state index is 12.5. The number of rotatable bonds is 56. The molecule has 0 spiro atoms. The molecule has 0 bridgehead atoms. The molecule has 0 fully saturated rings. The van der Waals surface area contributed by atoms with Gasteiger partial charge in [0.15, 0.2) is 0 Å². The molecule has 0 aromatic carbocycles. The van der Waals surface area contributed by atoms with E-state index in [2.05, 4.69) is 55.6 Å². The molecule has 0 saturated carbocycles. The van der Waals surface area contributed by atoms with Crippen LogP contribution in [0.15, 0.2) is 36.5 Å². The summed E-state index contributed by atoms with van der Waals surface area (Å²) < 4.78 is 5.43. The van der Waals surface area contributed by atoms with Crippen LogP contribution >= 0.6 is 0 Å². The Labute approximate surface area is 424 Å². The van der Waals surface area contributed by atoms with Crippen molar-refractivity contribution in [3.63, 3.8) is 0 Å². The molecule has 0 aliphatic rings. The maximum absolute atomic E-state index is 12.5. The minimum Gasteiger partial charge on any atom is -0.466 e. The highest BCUT2D eigenvalue weighted by atomic mass is 16.5. The van der Waals surface area contributed by atoms with E-state index in [1.54, 1.807) is 0 Å². The van der Waals surface area contributed by atoms with Gasteiger partial charge >= 0.3 is 5.97 Å². The SMILES string of the molecule is CCCCC/C=C\CCCCCCCC(=O)OCCCCC/C=C\C=C/CCCCCCCCC(=O)NC(CO)C(O)CCCCCCCCCCCCCCCCCCCCCCCCCC. The number of ether oxygens (including phenoxy) is 1. The summed E-state index contributed by atoms with van der Waals surface area (Å²) in [4.78, 5) is 24.5. The lowest BCUT2D eigenvalue weighted by atomic mass is 10.0. The lowest BCUT2D eigenvalue weighted by molar-refractivity contribution is -0.143. The number of aliphatic hydroxyl groups excluding tert-OH is 2. The van der Waals surface area contributed by atoms with Gasteiger partial charge in [-0.05, 0) is 83.5 Å². The molecule has 2 unspecified atom stereocenters. The number of nitrogens with one attached hydrogen (secondary N) is 1. The summed E-state index contributed by atoms with van der Waals surface area (Å²) >= 11 is 0. The number of hydrogen-bond donors (Lipinski definition) is 3. The molecule has 0 heterocycles. The molecule has 0 saturated heterocycles. The van der Waals surface area contributed by atoms with E-state index >= 15 is 0 Å². The van der Waals surface area contributed by atoms with Crippen LogP contribution in [0.2, 0.25) is 0 Å². The Kier molecular flexibility index (Phi) is 56.0. The van der Waals surface area contributed by atoms with Crippen LogP contribution in [-0.2, 0) is 14.3 Å². The zero-order chi connectivity index (χ0) is 49.3. The van der Waals surface area contributed by atoms with Crippen molar-refractivity contribution in [3.8, 4) is 0 Å². The normalized spacial score (nSPS) is 12.8. The maximum Gasteiger partial charge on any atom is 0.305 e. The van der Waals surface area contributed by atoms with Crippen molar-refractivity contribution in [2.45, 2.75) is 334 Å². The van der Waals surface area contributed by atoms with Crippen molar-refractivity contribution in [2.75, 3.05) is 13.2 Å². The molecule has 0 aromatic heterocycles. The number of carbonyl (C=O) groups is 2. The fraction of sp³-hybridized carbons (Fsp3) is 0.871. The fourth-order valence-electron chi connectivity index (χ4n) is 9.27. The Balaban J connectivity index is 3.51. The van der Waals surface area contributed by atoms with Crippen molar-refractivity contribution >= 4 is 11.9 Å². The van der Waals surface area contributed by atoms with Gasteiger partial charge in [0, 0.05) is 12.8 Å². The summed E-state index contributed by atoms with van der Waals surface area (Å²) in [5, 5.41) is 23.4. The topological polar surface area (TPSA) is 95.9 Å². The van der Waals surface area contributed by atoms with E-state index in [1.807, 2.05) is 0 Å². The Hall–Kier alpha value is -1.92. The number of aliphatic hydroxyl groups is 2. The molecule has 0 aliphatic carbocycles. The lowest BCUT2D eigenvalue weighted by Crippen LogP contribution is -2.45. The molecule has 68 heavy (non-hydrogen) atoms. The zero-order valence-electron chi connectivity index (χ0n) is 45.6. The van der Waals surface area contributed by atoms with Crippen molar-refractivity contribution in [1.82, 2.24) is 5.32 Å². The van der Waals surface area contributed by atoms with Crippen LogP contribution in [0.25, 0.3) is 0 Å². The number of carbonyl (C=O) groups excluding carboxylic acids is 2. The van der Waals surface area contributed by atoms with Gasteiger partial charge < -0.3 is 20.3 Å². The molecule has 0 rings (SSSR count). The Morgan fingerprint density at radius 1 is 0.412 bits per heavy atom. The minimum atomic E-state index is -0.681. The van der Waals surface area contributed by atoms with E-state index in [9.17, 15) is 19.8 Å². The van der Waals surface area contributed by atoms with Gasteiger partial charge in [0.05, 0.1) is 25.4 Å². The van der Waals surface area contributed by atoms with Gasteiger partial charge in [-0.2, -0.15) is 0 Å². The van der Waals surface area contributed by atoms with Gasteiger partial charge in [0.25, 0.3) is 0 Å². The second kappa shape index (κ2) is 57.7. The predicted octanol–water partition coefficient (Wildman–Crippen LogP) is 18.8. The van der Waals surface area contributed by atoms with Crippen molar-refractivity contribution < 1.29 is 24.5 Å². The van der Waals surface area contributed by atoms with Crippen LogP contribution in [0.1, 0.15) is 322 Å². The lowest BCUT2D eigenvalue weighted by Gasteiger charge is -2.22. The standard InChI is InChI=1S/C62H117NO5/c1-3-5-7-9-11-13-15-17-18-19-20-21-22-23-24-25-26-28-31-34-38-42-46-50-54-60(65)59(58-64)63-61(66)55-51-47-43-39-35-32-29-27-30-33-37-41-45-49-53-57-68-62(67)56-52-48-44-40-36-16-14-12-10-8-6-4-2/h12,14,27,30,33,37,59-60,64-65H,3-11,13,15-26,28-29,31-32,34-36,38-58H2,1-2H3,(H,63,66)/b14-12-,30-27-,37-33-. The molecule has 6 heteroatoms. The minimum absolute atomic E-state index is 0.0314. The van der Waals surface area contributed by atoms with Gasteiger partial charge in [-0.25, -0.2) is 0 Å². The van der Waals surface area contributed by atoms with Gasteiger partial charge in [0.2, 0.25) is 5.91 Å². The third kappa shape index (κ3) is 53.4. The van der Waals surface area contributed by atoms with E-state index in [1.165, 1.54) is 212 Å². The molecule has 3 N–H and O–H groups in total. The van der Waals surface area contributed by atoms with Crippen LogP contribution in [0.5, 0.6) is 0 Å². The van der Waals surface area contributed by atoms with Crippen molar-refractivity contribution in [2.24, 2.45) is 0 Å². The first-order valence-electron chi connectivity index (χ1n) is 30.3. The average Bonchev–Trinajstić information content (AvgIpc) is 3.34. The van der Waals surface area contributed by atoms with Crippen molar-refractivity contribution in [3.05, 3.63) is 36.5 Å². The van der Waals surface area contributed by atoms with E-state index in [4.69, 9.17) is 4.74 Å². The Bertz CT molecular complexity index is 1100. The zero-order valence-corrected chi connectivity index (χ0v) is 45.6. The summed E-state index contributed by atoms with van der Waals surface area (Å²) in [6.45, 7) is 4.88. The van der Waals surface area contributed by atoms with Gasteiger partial charge in [-0.15, -0.1) is 0 Å². The molecule has 6 nitrogen and oxygen atoms in total. The second-order valence-electron chi connectivity index (χ2n) is 20.7. The quantitative estimate of drug-likeness (QED) is 0.0244. The van der Waals surface area contributed by atoms with Gasteiger partial charge in [-0.1, -0.05) is 262 Å². The monoisotopic (exact) mass is 956 g/mol. The first-order valence-corrected chi connectivity index (χ1v) is 30.3. The molecular formula is C62H117NO5. The summed E-state index contributed by atoms with van der Waals surface area (Å²) in [7, 11) is 0. The largest absolute Gasteiger partial charge is 0.466 e. The highest BCUT2D eigenvalue weighted by molar-refractivity contribution is 5.76. The molecule has 0 aromatic rings. The van der Waals surface area contributed by atoms with Crippen LogP contribution in [0.4, 0.5) is 0 Å². The molecule has 0 aliphatic heterocycles. The fourth-order valence-corrected chi connectivity index (χ4v) is 9.27. The summed E-state index contributed by atoms with van der Waals surface area (Å²) in [5.41, 5.74) is 0. The first-order chi connectivity index (χ1) is 33.5. The third-order valence-electron chi connectivity index (χ3n) is 13.9. The highest BCUT2D eigenvalue weighted by Crippen LogP contribution is 2.17. The highest BCUT2D eigenvalue weighted by Gasteiger charge is 2.20. The summed E-state index contributed by atoms with van der Waals surface area (Å²) in [6.07, 6.45) is 71.5. The predicted molar refractivity (Wildman–Crippen MR) is 296 cm³/mol. The number of esters is 1. The number of allylic oxidation sites excluding steroid dienone is 6. The Morgan fingerprint density at radius 2 is 0.735 bits per heavy atom. The molecule has 0 radical (unpaired) electrons. The second-order valence-corrected chi connectivity index (χ2v) is 20.7. The molecule has 1 amide bonds. The number of unbranched alkanes of at least 4 members (excludes halogenated alkanes) is 40. The Morgan fingerprint density at radius 3 is 1.16 bits per heavy atom. The van der Waals surface area contributed by atoms with Crippen LogP contribution in [0, 0.1) is 0 Å². The van der Waals surface area contributed by atoms with Crippen molar-refractivity contribution in [1.29, 1.82) is 0 Å². The first kappa shape index (κ1) is 66.1. The third-order valence-corrected chi connectivity index (χ3v) is 13.9. The molecule has 400 valence electrons. The average molecular weight is 957 g/mol. The van der Waals surface area contributed by atoms with E-state index in [0.29, 0.717) is 25.9 Å². The van der Waals surface area contributed by atoms with Crippen LogP contribution < -0.4 is 5.32 Å². The number of hydrogen-bond acceptors (Lipinski definition) is 5. The van der Waals surface area contributed by atoms with E-state index < -0.39 is 12.1 Å². The molecular weight excluding hydrogens is 839 g/mol. The van der Waals surface area contributed by atoms with Gasteiger partial charge in [-0.3, -0.25) is 9.59 Å². The smallest absolute Gasteiger partial charge is 0.305 e. The molecule has 2 atom stereocenters. The van der Waals surface area contributed by atoms with Crippen LogP contribution in [0.3, 0.4) is 0 Å². The summed E-state index contributed by atoms with van der Waals surface area (Å²) in [5.74, 6) is -0.0865. The van der Waals surface area contributed by atoms with Crippen LogP contribution in [-0.4, -0.2) is 47.4 Å². The van der Waals surface area contributed by atoms with E-state index in [0.717, 1.165) is 77.0 Å².